The van der Waals surface area contributed by atoms with Gasteiger partial charge in [0.1, 0.15) is 0 Å². The molecule has 9 heteroatoms. The van der Waals surface area contributed by atoms with Crippen molar-refractivity contribution >= 4 is 33.5 Å². The van der Waals surface area contributed by atoms with E-state index in [1.165, 1.54) is 11.8 Å². The molecule has 0 amide bonds. The summed E-state index contributed by atoms with van der Waals surface area (Å²) < 4.78 is 2.36. The number of benzene rings is 1. The summed E-state index contributed by atoms with van der Waals surface area (Å²) in [6.45, 7) is 0. The van der Waals surface area contributed by atoms with Crippen molar-refractivity contribution in [3.05, 3.63) is 38.7 Å². The molecule has 0 radical (unpaired) electrons. The molecule has 0 atom stereocenters. The summed E-state index contributed by atoms with van der Waals surface area (Å²) in [6.07, 6.45) is 1.97. The first-order valence-electron chi connectivity index (χ1n) is 6.23. The molecule has 21 heavy (non-hydrogen) atoms. The van der Waals surface area contributed by atoms with Gasteiger partial charge in [-0.3, -0.25) is 4.57 Å². The van der Waals surface area contributed by atoms with Crippen molar-refractivity contribution < 1.29 is 5.21 Å². The number of nitrogens with zero attached hydrogens (tertiary/aromatic N) is 3. The van der Waals surface area contributed by atoms with Crippen molar-refractivity contribution in [2.24, 2.45) is 10.9 Å². The third-order valence-corrected chi connectivity index (χ3v) is 4.82. The summed E-state index contributed by atoms with van der Waals surface area (Å²) in [5.41, 5.74) is 6.09. The minimum absolute atomic E-state index is 0.000768. The molecule has 4 N–H and O–H groups in total. The van der Waals surface area contributed by atoms with E-state index in [1.807, 2.05) is 12.1 Å². The molecule has 1 aromatic heterocycles. The predicted octanol–water partition coefficient (Wildman–Crippen LogP) is 1.91. The first-order valence-corrected chi connectivity index (χ1v) is 7.84. The number of oxime groups is 1. The summed E-state index contributed by atoms with van der Waals surface area (Å²) in [5, 5.41) is 19.1. The van der Waals surface area contributed by atoms with E-state index in [0.29, 0.717) is 15.2 Å². The highest BCUT2D eigenvalue weighted by Crippen LogP contribution is 2.39. The number of amidine groups is 1. The summed E-state index contributed by atoms with van der Waals surface area (Å²) in [7, 11) is 0. The third-order valence-electron chi connectivity index (χ3n) is 3.12. The van der Waals surface area contributed by atoms with Crippen LogP contribution in [-0.4, -0.2) is 25.8 Å². The second-order valence-electron chi connectivity index (χ2n) is 4.61. The molecule has 1 fully saturated rings. The van der Waals surface area contributed by atoms with Crippen LogP contribution in [0.3, 0.4) is 0 Å². The topological polar surface area (TPSA) is 109 Å². The minimum atomic E-state index is -0.208. The summed E-state index contributed by atoms with van der Waals surface area (Å²) in [5.74, 6) is 0.000768. The van der Waals surface area contributed by atoms with Crippen LogP contribution in [0.2, 0.25) is 0 Å². The number of H-pyrrole nitrogens is 1. The zero-order valence-corrected chi connectivity index (χ0v) is 13.2. The van der Waals surface area contributed by atoms with Gasteiger partial charge in [0, 0.05) is 21.0 Å². The number of aromatic nitrogens is 3. The van der Waals surface area contributed by atoms with Crippen LogP contribution in [0.4, 0.5) is 0 Å². The quantitative estimate of drug-likeness (QED) is 0.330. The highest BCUT2D eigenvalue weighted by Gasteiger charge is 2.29. The molecule has 0 saturated heterocycles. The molecule has 2 aromatic rings. The van der Waals surface area contributed by atoms with Gasteiger partial charge >= 0.3 is 5.69 Å². The van der Waals surface area contributed by atoms with Crippen molar-refractivity contribution in [1.82, 2.24) is 14.8 Å². The van der Waals surface area contributed by atoms with E-state index in [1.54, 1.807) is 10.6 Å². The third kappa shape index (κ3) is 2.70. The van der Waals surface area contributed by atoms with Gasteiger partial charge in [-0.2, -0.15) is 0 Å². The van der Waals surface area contributed by atoms with E-state index in [0.717, 1.165) is 17.7 Å². The van der Waals surface area contributed by atoms with E-state index in [9.17, 15) is 4.79 Å². The van der Waals surface area contributed by atoms with Crippen LogP contribution in [-0.2, 0) is 0 Å². The number of rotatable bonds is 4. The summed E-state index contributed by atoms with van der Waals surface area (Å²) in [4.78, 5) is 12.5. The number of aromatic amines is 1. The molecule has 110 valence electrons. The Labute approximate surface area is 132 Å². The van der Waals surface area contributed by atoms with Gasteiger partial charge in [-0.1, -0.05) is 11.2 Å². The Bertz CT molecular complexity index is 765. The van der Waals surface area contributed by atoms with Gasteiger partial charge in [-0.25, -0.2) is 9.89 Å². The zero-order chi connectivity index (χ0) is 15.0. The average molecular weight is 370 g/mol. The molecular formula is C12H12BrN5O2S. The lowest BCUT2D eigenvalue weighted by atomic mass is 10.2. The van der Waals surface area contributed by atoms with Crippen LogP contribution >= 0.6 is 27.7 Å². The van der Waals surface area contributed by atoms with Gasteiger partial charge in [-0.15, -0.1) is 5.10 Å². The standard InChI is InChI=1S/C12H12BrN5O2S/c13-7-2-1-3-8(9(7)10(14)17-20)21-12-16-15-11(19)18(12)6-4-5-6/h1-3,6,20H,4-5H2,(H2,14,17)(H,15,19). The Morgan fingerprint density at radius 1 is 1.57 bits per heavy atom. The molecule has 1 aromatic carbocycles. The molecular weight excluding hydrogens is 358 g/mol. The Morgan fingerprint density at radius 2 is 2.33 bits per heavy atom. The fraction of sp³-hybridized carbons (Fsp3) is 0.250. The Balaban J connectivity index is 2.03. The second-order valence-corrected chi connectivity index (χ2v) is 6.48. The smallest absolute Gasteiger partial charge is 0.344 e. The van der Waals surface area contributed by atoms with Crippen molar-refractivity contribution in [2.75, 3.05) is 0 Å². The lowest BCUT2D eigenvalue weighted by Gasteiger charge is -2.10. The molecule has 0 spiro atoms. The summed E-state index contributed by atoms with van der Waals surface area (Å²) in [6, 6.07) is 5.69. The number of nitrogens with two attached hydrogens (primary N) is 1. The molecule has 7 nitrogen and oxygen atoms in total. The lowest BCUT2D eigenvalue weighted by molar-refractivity contribution is 0.318. The number of halogens is 1. The van der Waals surface area contributed by atoms with Gasteiger partial charge in [-0.05, 0) is 52.7 Å². The van der Waals surface area contributed by atoms with Crippen LogP contribution < -0.4 is 11.4 Å². The SMILES string of the molecule is N/C(=N/O)c1c(Br)cccc1Sc1n[nH]c(=O)n1C1CC1. The number of hydrogen-bond donors (Lipinski definition) is 3. The van der Waals surface area contributed by atoms with Crippen molar-refractivity contribution in [1.29, 1.82) is 0 Å². The van der Waals surface area contributed by atoms with Crippen LogP contribution in [0, 0.1) is 0 Å². The van der Waals surface area contributed by atoms with Gasteiger partial charge in [0.15, 0.2) is 11.0 Å². The summed E-state index contributed by atoms with van der Waals surface area (Å²) >= 11 is 4.69. The molecule has 0 aliphatic heterocycles. The maximum absolute atomic E-state index is 11.8. The van der Waals surface area contributed by atoms with Crippen LogP contribution in [0.5, 0.6) is 0 Å². The van der Waals surface area contributed by atoms with Gasteiger partial charge in [0.25, 0.3) is 0 Å². The molecule has 3 rings (SSSR count). The van der Waals surface area contributed by atoms with E-state index in [-0.39, 0.29) is 17.6 Å². The maximum Gasteiger partial charge on any atom is 0.344 e. The fourth-order valence-electron chi connectivity index (χ4n) is 2.00. The monoisotopic (exact) mass is 369 g/mol. The number of hydrogen-bond acceptors (Lipinski definition) is 5. The second kappa shape index (κ2) is 5.57. The van der Waals surface area contributed by atoms with Crippen molar-refractivity contribution in [3.8, 4) is 0 Å². The molecule has 0 unspecified atom stereocenters. The Morgan fingerprint density at radius 3 is 3.00 bits per heavy atom. The van der Waals surface area contributed by atoms with Gasteiger partial charge in [0.2, 0.25) is 0 Å². The Kier molecular flexibility index (Phi) is 3.77. The molecule has 0 bridgehead atoms. The largest absolute Gasteiger partial charge is 0.409 e. The lowest BCUT2D eigenvalue weighted by Crippen LogP contribution is -2.17. The van der Waals surface area contributed by atoms with Gasteiger partial charge < -0.3 is 10.9 Å². The first kappa shape index (κ1) is 14.2. The highest BCUT2D eigenvalue weighted by atomic mass is 79.9. The highest BCUT2D eigenvalue weighted by molar-refractivity contribution is 9.10. The molecule has 1 heterocycles. The Hall–Kier alpha value is -1.74. The average Bonchev–Trinajstić information content (AvgIpc) is 3.23. The minimum Gasteiger partial charge on any atom is -0.409 e. The predicted molar refractivity (Wildman–Crippen MR) is 81.9 cm³/mol. The van der Waals surface area contributed by atoms with Crippen LogP contribution in [0.15, 0.2) is 42.7 Å². The van der Waals surface area contributed by atoms with E-state index >= 15 is 0 Å². The molecule has 1 aliphatic carbocycles. The van der Waals surface area contributed by atoms with Crippen molar-refractivity contribution in [3.63, 3.8) is 0 Å². The van der Waals surface area contributed by atoms with Crippen LogP contribution in [0.25, 0.3) is 0 Å². The van der Waals surface area contributed by atoms with E-state index < -0.39 is 0 Å². The van der Waals surface area contributed by atoms with Crippen molar-refractivity contribution in [2.45, 2.75) is 28.9 Å². The van der Waals surface area contributed by atoms with E-state index in [4.69, 9.17) is 10.9 Å². The van der Waals surface area contributed by atoms with Crippen LogP contribution in [0.1, 0.15) is 24.4 Å². The molecule has 1 saturated carbocycles. The maximum atomic E-state index is 11.8. The fourth-order valence-corrected chi connectivity index (χ4v) is 3.79. The first-order chi connectivity index (χ1) is 10.1. The van der Waals surface area contributed by atoms with Gasteiger partial charge in [0.05, 0.1) is 0 Å². The zero-order valence-electron chi connectivity index (χ0n) is 10.8. The normalized spacial score (nSPS) is 15.4. The number of nitrogens with one attached hydrogen (secondary N) is 1. The molecule has 1 aliphatic rings. The van der Waals surface area contributed by atoms with E-state index in [2.05, 4.69) is 31.3 Å².